The number of anilines is 3. The molecule has 0 saturated carbocycles. The Labute approximate surface area is 423 Å². The van der Waals surface area contributed by atoms with Crippen molar-refractivity contribution in [2.24, 2.45) is 0 Å². The summed E-state index contributed by atoms with van der Waals surface area (Å²) >= 11 is 0. The van der Waals surface area contributed by atoms with Crippen LogP contribution in [0.2, 0.25) is 0 Å². The number of para-hydroxylation sites is 1. The fourth-order valence-electron chi connectivity index (χ4n) is 12.6. The third kappa shape index (κ3) is 6.41. The van der Waals surface area contributed by atoms with E-state index in [1.54, 1.807) is 0 Å². The largest absolute Gasteiger partial charge is 0.456 e. The summed E-state index contributed by atoms with van der Waals surface area (Å²) < 4.78 is 6.75. The molecular formula is C70H57NO. The number of nitrogens with zero attached hydrogens (tertiary/aromatic N) is 1. The van der Waals surface area contributed by atoms with Gasteiger partial charge in [-0.3, -0.25) is 0 Å². The first kappa shape index (κ1) is 43.8. The summed E-state index contributed by atoms with van der Waals surface area (Å²) in [7, 11) is 0. The zero-order valence-electron chi connectivity index (χ0n) is 41.9. The van der Waals surface area contributed by atoms with Crippen LogP contribution in [0.3, 0.4) is 0 Å². The second-order valence-electron chi connectivity index (χ2n) is 22.0. The van der Waals surface area contributed by atoms with E-state index in [9.17, 15) is 0 Å². The molecular weight excluding hydrogens is 871 g/mol. The highest BCUT2D eigenvalue weighted by atomic mass is 16.3. The number of hydrogen-bond donors (Lipinski definition) is 0. The Bertz CT molecular complexity index is 3700. The van der Waals surface area contributed by atoms with Crippen molar-refractivity contribution in [1.82, 2.24) is 0 Å². The quantitative estimate of drug-likeness (QED) is 0.158. The highest BCUT2D eigenvalue weighted by Gasteiger charge is 2.52. The molecule has 2 aliphatic rings. The zero-order valence-corrected chi connectivity index (χ0v) is 41.9. The van der Waals surface area contributed by atoms with Gasteiger partial charge in [-0.2, -0.15) is 0 Å². The minimum Gasteiger partial charge on any atom is -0.456 e. The van der Waals surface area contributed by atoms with E-state index in [1.807, 2.05) is 0 Å². The Morgan fingerprint density at radius 1 is 0.333 bits per heavy atom. The predicted molar refractivity (Wildman–Crippen MR) is 300 cm³/mol. The molecule has 2 nitrogen and oxygen atoms in total. The number of fused-ring (bicyclic) bond motifs is 10. The van der Waals surface area contributed by atoms with Gasteiger partial charge in [-0.05, 0) is 149 Å². The van der Waals surface area contributed by atoms with Gasteiger partial charge in [-0.1, -0.05) is 217 Å². The number of rotatable bonds is 7. The average Bonchev–Trinajstić information content (AvgIpc) is 4.03. The van der Waals surface area contributed by atoms with Crippen molar-refractivity contribution in [3.8, 4) is 22.3 Å². The Balaban J connectivity index is 1.15. The molecule has 348 valence electrons. The van der Waals surface area contributed by atoms with E-state index >= 15 is 0 Å². The highest BCUT2D eigenvalue weighted by Crippen LogP contribution is 2.64. The number of furan rings is 1. The third-order valence-electron chi connectivity index (χ3n) is 15.9. The first-order chi connectivity index (χ1) is 35.0. The molecule has 0 bridgehead atoms. The van der Waals surface area contributed by atoms with Crippen LogP contribution in [0.1, 0.15) is 97.2 Å². The van der Waals surface area contributed by atoms with Gasteiger partial charge in [0, 0.05) is 27.8 Å². The molecule has 1 heterocycles. The molecule has 2 aliphatic carbocycles. The smallest absolute Gasteiger partial charge is 0.136 e. The Morgan fingerprint density at radius 3 is 1.25 bits per heavy atom. The zero-order chi connectivity index (χ0) is 49.0. The monoisotopic (exact) mass is 927 g/mol. The summed E-state index contributed by atoms with van der Waals surface area (Å²) in [5.41, 5.74) is 21.4. The molecule has 0 N–H and O–H groups in total. The summed E-state index contributed by atoms with van der Waals surface area (Å²) in [6, 6.07) is 88.8. The minimum atomic E-state index is -0.687. The van der Waals surface area contributed by atoms with E-state index in [2.05, 4.69) is 283 Å². The number of hydrogen-bond acceptors (Lipinski definition) is 2. The van der Waals surface area contributed by atoms with Gasteiger partial charge in [0.15, 0.2) is 0 Å². The van der Waals surface area contributed by atoms with Crippen LogP contribution in [0, 0.1) is 0 Å². The standard InChI is InChI=1S/C70H57NO/c1-67(2,3)46-31-35-52(36-32-46)71(53-37-33-47(34-38-53)68(4,5)6)54-39-40-55-57-44-62-58(45-61(57)70(60(55)43-54,50-25-15-9-16-26-50)51-27-17-10-18-28-51)65-59(41-42-64-66(65)56-29-19-20-30-63(56)72-64)69(62,48-21-11-7-12-22-48)49-23-13-8-14-24-49/h7-45H,1-6H3. The molecule has 0 radical (unpaired) electrons. The lowest BCUT2D eigenvalue weighted by atomic mass is 9.66. The highest BCUT2D eigenvalue weighted by molar-refractivity contribution is 6.16. The Kier molecular flexibility index (Phi) is 9.83. The van der Waals surface area contributed by atoms with E-state index < -0.39 is 10.8 Å². The van der Waals surface area contributed by atoms with E-state index in [0.29, 0.717) is 0 Å². The fourth-order valence-corrected chi connectivity index (χ4v) is 12.6. The normalized spacial score (nSPS) is 14.2. The molecule has 0 amide bonds. The summed E-state index contributed by atoms with van der Waals surface area (Å²) in [6.45, 7) is 13.7. The minimum absolute atomic E-state index is 0.0257. The van der Waals surface area contributed by atoms with Crippen molar-refractivity contribution in [2.45, 2.75) is 63.2 Å². The van der Waals surface area contributed by atoms with Gasteiger partial charge in [0.1, 0.15) is 11.2 Å². The lowest BCUT2D eigenvalue weighted by Gasteiger charge is -2.36. The van der Waals surface area contributed by atoms with Gasteiger partial charge in [0.05, 0.1) is 10.8 Å². The summed E-state index contributed by atoms with van der Waals surface area (Å²) in [5, 5.41) is 2.29. The Morgan fingerprint density at radius 2 is 0.750 bits per heavy atom. The van der Waals surface area contributed by atoms with Crippen molar-refractivity contribution in [2.75, 3.05) is 4.90 Å². The fraction of sp³-hybridized carbons (Fsp3) is 0.143. The maximum atomic E-state index is 6.75. The van der Waals surface area contributed by atoms with Gasteiger partial charge >= 0.3 is 0 Å². The molecule has 0 spiro atoms. The van der Waals surface area contributed by atoms with Gasteiger partial charge in [0.25, 0.3) is 0 Å². The lowest BCUT2D eigenvalue weighted by molar-refractivity contribution is 0.590. The van der Waals surface area contributed by atoms with Gasteiger partial charge in [0.2, 0.25) is 0 Å². The van der Waals surface area contributed by atoms with E-state index in [1.165, 1.54) is 77.9 Å². The molecule has 72 heavy (non-hydrogen) atoms. The number of benzene rings is 10. The van der Waals surface area contributed by atoms with Crippen LogP contribution in [-0.4, -0.2) is 0 Å². The first-order valence-electron chi connectivity index (χ1n) is 25.5. The Hall–Kier alpha value is -8.20. The van der Waals surface area contributed by atoms with Crippen LogP contribution in [0.25, 0.3) is 44.2 Å². The summed E-state index contributed by atoms with van der Waals surface area (Å²) in [6.07, 6.45) is 0. The molecule has 0 atom stereocenters. The van der Waals surface area contributed by atoms with Crippen molar-refractivity contribution in [3.63, 3.8) is 0 Å². The molecule has 11 aromatic rings. The van der Waals surface area contributed by atoms with Crippen molar-refractivity contribution < 1.29 is 4.42 Å². The second kappa shape index (κ2) is 16.2. The SMILES string of the molecule is CC(C)(C)c1ccc(N(c2ccc(C(C)(C)C)cc2)c2ccc3c(c2)C(c2ccccc2)(c2ccccc2)c2cc4c(cc2-3)C(c2ccccc2)(c2ccccc2)c2ccc3oc5ccccc5c3c2-4)cc1. The molecule has 0 fully saturated rings. The van der Waals surface area contributed by atoms with Crippen LogP contribution in [0.15, 0.2) is 241 Å². The van der Waals surface area contributed by atoms with E-state index in [0.717, 1.165) is 39.0 Å². The van der Waals surface area contributed by atoms with Gasteiger partial charge in [-0.15, -0.1) is 0 Å². The molecule has 10 aromatic carbocycles. The van der Waals surface area contributed by atoms with E-state index in [-0.39, 0.29) is 10.8 Å². The predicted octanol–water partition coefficient (Wildman–Crippen LogP) is 18.4. The third-order valence-corrected chi connectivity index (χ3v) is 15.9. The van der Waals surface area contributed by atoms with Crippen molar-refractivity contribution >= 4 is 39.0 Å². The molecule has 0 aliphatic heterocycles. The first-order valence-corrected chi connectivity index (χ1v) is 25.5. The van der Waals surface area contributed by atoms with Crippen LogP contribution in [0.5, 0.6) is 0 Å². The molecule has 1 aromatic heterocycles. The van der Waals surface area contributed by atoms with E-state index in [4.69, 9.17) is 4.42 Å². The maximum Gasteiger partial charge on any atom is 0.136 e. The maximum absolute atomic E-state index is 6.75. The molecule has 0 saturated heterocycles. The average molecular weight is 928 g/mol. The second-order valence-corrected chi connectivity index (χ2v) is 22.0. The molecule has 2 heteroatoms. The van der Waals surface area contributed by atoms with Crippen molar-refractivity contribution in [3.05, 3.63) is 292 Å². The van der Waals surface area contributed by atoms with Crippen molar-refractivity contribution in [1.29, 1.82) is 0 Å². The summed E-state index contributed by atoms with van der Waals surface area (Å²) in [5.74, 6) is 0. The van der Waals surface area contributed by atoms with Gasteiger partial charge in [-0.25, -0.2) is 0 Å². The topological polar surface area (TPSA) is 16.4 Å². The lowest BCUT2D eigenvalue weighted by Crippen LogP contribution is -2.30. The van der Waals surface area contributed by atoms with Crippen LogP contribution >= 0.6 is 0 Å². The molecule has 13 rings (SSSR count). The van der Waals surface area contributed by atoms with Gasteiger partial charge < -0.3 is 9.32 Å². The molecule has 0 unspecified atom stereocenters. The summed E-state index contributed by atoms with van der Waals surface area (Å²) in [4.78, 5) is 2.45. The van der Waals surface area contributed by atoms with Crippen LogP contribution < -0.4 is 4.90 Å². The van der Waals surface area contributed by atoms with Crippen LogP contribution in [-0.2, 0) is 21.7 Å². The van der Waals surface area contributed by atoms with Crippen LogP contribution in [0.4, 0.5) is 17.1 Å².